The highest BCUT2D eigenvalue weighted by atomic mass is 35.5. The van der Waals surface area contributed by atoms with Crippen molar-refractivity contribution < 1.29 is 13.5 Å². The lowest BCUT2D eigenvalue weighted by atomic mass is 10.1. The minimum Gasteiger partial charge on any atom is -0.488 e. The smallest absolute Gasteiger partial charge is 0.223 e. The molecular formula is C14H9ClF2N4O. The monoisotopic (exact) mass is 322 g/mol. The third-order valence-corrected chi connectivity index (χ3v) is 3.85. The van der Waals surface area contributed by atoms with Crippen LogP contribution in [-0.4, -0.2) is 26.1 Å². The summed E-state index contributed by atoms with van der Waals surface area (Å²) in [5.74, 6) is -0.923. The molecule has 3 aromatic rings. The van der Waals surface area contributed by atoms with Crippen LogP contribution < -0.4 is 4.74 Å². The Labute approximate surface area is 128 Å². The number of ether oxygens (including phenoxy) is 1. The molecule has 2 aromatic heterocycles. The molecule has 3 heterocycles. The van der Waals surface area contributed by atoms with Gasteiger partial charge in [0.05, 0.1) is 24.1 Å². The van der Waals surface area contributed by atoms with Crippen LogP contribution in [0.2, 0.25) is 5.28 Å². The van der Waals surface area contributed by atoms with E-state index in [4.69, 9.17) is 16.3 Å². The van der Waals surface area contributed by atoms with Gasteiger partial charge in [0, 0.05) is 0 Å². The van der Waals surface area contributed by atoms with Crippen molar-refractivity contribution in [3.8, 4) is 17.0 Å². The summed E-state index contributed by atoms with van der Waals surface area (Å²) in [6, 6.07) is 1.17. The lowest BCUT2D eigenvalue weighted by Gasteiger charge is -2.24. The second kappa shape index (κ2) is 4.61. The molecule has 22 heavy (non-hydrogen) atoms. The van der Waals surface area contributed by atoms with Crippen LogP contribution in [0.5, 0.6) is 5.75 Å². The number of imidazole rings is 1. The van der Waals surface area contributed by atoms with Gasteiger partial charge in [-0.1, -0.05) is 0 Å². The van der Waals surface area contributed by atoms with Crippen molar-refractivity contribution in [2.45, 2.75) is 13.0 Å². The van der Waals surface area contributed by atoms with Crippen molar-refractivity contribution in [3.05, 3.63) is 35.5 Å². The SMILES string of the molecule is C[C@H]1COc2c(-c3nc(Cl)ncc3F)cc(F)c3ncn1c23. The highest BCUT2D eigenvalue weighted by Crippen LogP contribution is 2.41. The van der Waals surface area contributed by atoms with Crippen LogP contribution in [-0.2, 0) is 0 Å². The maximum Gasteiger partial charge on any atom is 0.223 e. The first-order valence-electron chi connectivity index (χ1n) is 6.56. The summed E-state index contributed by atoms with van der Waals surface area (Å²) in [6.45, 7) is 2.30. The van der Waals surface area contributed by atoms with Crippen LogP contribution in [0.4, 0.5) is 8.78 Å². The van der Waals surface area contributed by atoms with Crippen LogP contribution in [0.15, 0.2) is 18.6 Å². The van der Waals surface area contributed by atoms with Gasteiger partial charge in [0.25, 0.3) is 0 Å². The van der Waals surface area contributed by atoms with Gasteiger partial charge < -0.3 is 9.30 Å². The van der Waals surface area contributed by atoms with E-state index < -0.39 is 11.6 Å². The van der Waals surface area contributed by atoms with Crippen LogP contribution in [0.25, 0.3) is 22.3 Å². The fourth-order valence-electron chi connectivity index (χ4n) is 2.62. The van der Waals surface area contributed by atoms with Gasteiger partial charge in [-0.3, -0.25) is 0 Å². The number of hydrogen-bond acceptors (Lipinski definition) is 4. The number of aromatic nitrogens is 4. The van der Waals surface area contributed by atoms with Crippen molar-refractivity contribution in [2.24, 2.45) is 0 Å². The Hall–Kier alpha value is -2.28. The van der Waals surface area contributed by atoms with Crippen molar-refractivity contribution >= 4 is 22.6 Å². The van der Waals surface area contributed by atoms with E-state index in [1.165, 1.54) is 0 Å². The molecule has 112 valence electrons. The molecule has 0 spiro atoms. The molecule has 0 N–H and O–H groups in total. The third kappa shape index (κ3) is 1.78. The molecule has 1 aliphatic rings. The second-order valence-corrected chi connectivity index (χ2v) is 5.42. The number of hydrogen-bond donors (Lipinski definition) is 0. The summed E-state index contributed by atoms with van der Waals surface area (Å²) in [5.41, 5.74) is 0.771. The van der Waals surface area contributed by atoms with E-state index in [0.717, 1.165) is 12.3 Å². The van der Waals surface area contributed by atoms with E-state index in [9.17, 15) is 8.78 Å². The zero-order valence-corrected chi connectivity index (χ0v) is 12.1. The van der Waals surface area contributed by atoms with E-state index in [0.29, 0.717) is 17.9 Å². The van der Waals surface area contributed by atoms with Gasteiger partial charge in [0.2, 0.25) is 5.28 Å². The van der Waals surface area contributed by atoms with Gasteiger partial charge in [-0.05, 0) is 24.6 Å². The van der Waals surface area contributed by atoms with Crippen LogP contribution in [0.1, 0.15) is 13.0 Å². The molecule has 1 atom stereocenters. The van der Waals surface area contributed by atoms with E-state index in [-0.39, 0.29) is 28.1 Å². The molecule has 0 aliphatic carbocycles. The Morgan fingerprint density at radius 2 is 2.14 bits per heavy atom. The quantitative estimate of drug-likeness (QED) is 0.644. The topological polar surface area (TPSA) is 52.8 Å². The minimum absolute atomic E-state index is 0.00554. The Morgan fingerprint density at radius 1 is 1.32 bits per heavy atom. The first-order valence-corrected chi connectivity index (χ1v) is 6.94. The van der Waals surface area contributed by atoms with E-state index in [1.807, 2.05) is 6.92 Å². The second-order valence-electron chi connectivity index (χ2n) is 5.08. The molecule has 0 saturated carbocycles. The van der Waals surface area contributed by atoms with E-state index in [1.54, 1.807) is 10.9 Å². The predicted octanol–water partition coefficient (Wildman–Crippen LogP) is 3.38. The van der Waals surface area contributed by atoms with E-state index in [2.05, 4.69) is 15.0 Å². The van der Waals surface area contributed by atoms with Crippen molar-refractivity contribution in [3.63, 3.8) is 0 Å². The molecule has 0 bridgehead atoms. The maximum atomic E-state index is 14.3. The van der Waals surface area contributed by atoms with Crippen LogP contribution >= 0.6 is 11.6 Å². The highest BCUT2D eigenvalue weighted by Gasteiger charge is 2.27. The zero-order chi connectivity index (χ0) is 15.4. The standard InChI is InChI=1S/C14H9ClF2N4O/c1-6-4-22-13-7(10-9(17)3-18-14(15)20-10)2-8(16)11-12(13)21(6)5-19-11/h2-3,5-6H,4H2,1H3/t6-/m0/s1. The molecule has 5 nitrogen and oxygen atoms in total. The molecule has 1 aliphatic heterocycles. The third-order valence-electron chi connectivity index (χ3n) is 3.66. The van der Waals surface area contributed by atoms with Crippen LogP contribution in [0, 0.1) is 11.6 Å². The molecule has 0 fully saturated rings. The molecule has 8 heteroatoms. The van der Waals surface area contributed by atoms with Crippen molar-refractivity contribution in [1.82, 2.24) is 19.5 Å². The Morgan fingerprint density at radius 3 is 2.95 bits per heavy atom. The highest BCUT2D eigenvalue weighted by molar-refractivity contribution is 6.28. The summed E-state index contributed by atoms with van der Waals surface area (Å²) < 4.78 is 35.9. The number of benzene rings is 1. The molecule has 4 rings (SSSR count). The number of nitrogens with zero attached hydrogens (tertiary/aromatic N) is 4. The summed E-state index contributed by atoms with van der Waals surface area (Å²) in [7, 11) is 0. The first-order chi connectivity index (χ1) is 10.6. The fourth-order valence-corrected chi connectivity index (χ4v) is 2.76. The van der Waals surface area contributed by atoms with Crippen molar-refractivity contribution in [2.75, 3.05) is 6.61 Å². The van der Waals surface area contributed by atoms with E-state index >= 15 is 0 Å². The lowest BCUT2D eigenvalue weighted by molar-refractivity contribution is 0.248. The van der Waals surface area contributed by atoms with Gasteiger partial charge in [-0.2, -0.15) is 0 Å². The number of rotatable bonds is 1. The normalized spacial score (nSPS) is 16.8. The summed E-state index contributed by atoms with van der Waals surface area (Å²) in [5, 5.41) is -0.123. The fraction of sp³-hybridized carbons (Fsp3) is 0.214. The van der Waals surface area contributed by atoms with Gasteiger partial charge in [0.1, 0.15) is 23.3 Å². The van der Waals surface area contributed by atoms with Crippen molar-refractivity contribution in [1.29, 1.82) is 0 Å². The first kappa shape index (κ1) is 13.4. The van der Waals surface area contributed by atoms with Gasteiger partial charge in [-0.25, -0.2) is 23.7 Å². The molecular weight excluding hydrogens is 314 g/mol. The average molecular weight is 323 g/mol. The lowest BCUT2D eigenvalue weighted by Crippen LogP contribution is -2.19. The molecule has 1 aromatic carbocycles. The summed E-state index contributed by atoms with van der Waals surface area (Å²) in [6.07, 6.45) is 2.50. The average Bonchev–Trinajstić information content (AvgIpc) is 2.94. The molecule has 0 radical (unpaired) electrons. The number of halogens is 3. The minimum atomic E-state index is -0.701. The van der Waals surface area contributed by atoms with Gasteiger partial charge in [-0.15, -0.1) is 0 Å². The summed E-state index contributed by atoms with van der Waals surface area (Å²) in [4.78, 5) is 11.5. The Balaban J connectivity index is 2.10. The molecule has 0 amide bonds. The Bertz CT molecular complexity index is 911. The molecule has 0 saturated heterocycles. The van der Waals surface area contributed by atoms with Gasteiger partial charge in [0.15, 0.2) is 17.4 Å². The van der Waals surface area contributed by atoms with Crippen LogP contribution in [0.3, 0.4) is 0 Å². The summed E-state index contributed by atoms with van der Waals surface area (Å²) >= 11 is 5.73. The zero-order valence-electron chi connectivity index (χ0n) is 11.3. The molecule has 0 unspecified atom stereocenters. The maximum absolute atomic E-state index is 14.3. The predicted molar refractivity (Wildman–Crippen MR) is 75.9 cm³/mol. The Kier molecular flexibility index (Phi) is 2.80. The largest absolute Gasteiger partial charge is 0.488 e. The van der Waals surface area contributed by atoms with Gasteiger partial charge >= 0.3 is 0 Å².